The molecule has 5 rings (SSSR count). The Kier molecular flexibility index (Phi) is 4.37. The van der Waals surface area contributed by atoms with Crippen molar-refractivity contribution >= 4 is 5.97 Å². The number of rotatable bonds is 6. The molecule has 0 unspecified atom stereocenters. The van der Waals surface area contributed by atoms with E-state index in [0.29, 0.717) is 23.4 Å². The van der Waals surface area contributed by atoms with Gasteiger partial charge in [0.05, 0.1) is 0 Å². The van der Waals surface area contributed by atoms with E-state index in [9.17, 15) is 9.90 Å². The minimum Gasteiger partial charge on any atom is -0.476 e. The number of carboxylic acid groups (broad SMARTS) is 1. The molecule has 0 bridgehead atoms. The van der Waals surface area contributed by atoms with E-state index in [1.165, 1.54) is 5.69 Å². The number of carbonyl (C=O) groups is 1. The van der Waals surface area contributed by atoms with Crippen molar-refractivity contribution in [3.63, 3.8) is 0 Å². The standard InChI is InChI=1S/C22H27N3O3/c1-13-3-2-9-23-21(13)28-16-6-4-14(5-7-16)8-10-25-18-12-15-11-17(15)19(18)20(24-25)22(26)27/h2-3,9,14-17H,4-8,10-12H2,1H3,(H,26,27)/t14-,15-,16+,17-/m1/s1. The van der Waals surface area contributed by atoms with E-state index in [1.807, 2.05) is 23.7 Å². The van der Waals surface area contributed by atoms with Gasteiger partial charge in [-0.2, -0.15) is 5.10 Å². The zero-order valence-corrected chi connectivity index (χ0v) is 16.3. The van der Waals surface area contributed by atoms with Crippen molar-refractivity contribution in [3.05, 3.63) is 40.8 Å². The first-order valence-corrected chi connectivity index (χ1v) is 10.5. The van der Waals surface area contributed by atoms with Gasteiger partial charge in [-0.1, -0.05) is 6.07 Å². The van der Waals surface area contributed by atoms with Crippen molar-refractivity contribution in [1.82, 2.24) is 14.8 Å². The van der Waals surface area contributed by atoms with E-state index in [1.54, 1.807) is 6.20 Å². The van der Waals surface area contributed by atoms with Crippen LogP contribution in [-0.2, 0) is 13.0 Å². The van der Waals surface area contributed by atoms with Crippen molar-refractivity contribution in [2.24, 2.45) is 11.8 Å². The molecule has 2 aromatic heterocycles. The maximum absolute atomic E-state index is 11.6. The largest absolute Gasteiger partial charge is 0.476 e. The third-order valence-corrected chi connectivity index (χ3v) is 6.83. The number of nitrogens with zero attached hydrogens (tertiary/aromatic N) is 3. The second kappa shape index (κ2) is 6.90. The number of aryl methyl sites for hydroxylation is 2. The van der Waals surface area contributed by atoms with Crippen LogP contribution in [0.2, 0.25) is 0 Å². The fraction of sp³-hybridized carbons (Fsp3) is 0.591. The number of pyridine rings is 1. The zero-order valence-electron chi connectivity index (χ0n) is 16.3. The molecule has 0 saturated heterocycles. The van der Waals surface area contributed by atoms with Crippen molar-refractivity contribution in [1.29, 1.82) is 0 Å². The SMILES string of the molecule is Cc1cccnc1O[C@H]1CC[C@@H](CCn2nc(C(=O)O)c3c2C[C@H]2C[C@@H]32)CC1. The molecule has 2 aromatic rings. The highest BCUT2D eigenvalue weighted by molar-refractivity contribution is 5.88. The van der Waals surface area contributed by atoms with Gasteiger partial charge < -0.3 is 9.84 Å². The molecule has 2 saturated carbocycles. The van der Waals surface area contributed by atoms with Gasteiger partial charge in [-0.15, -0.1) is 0 Å². The third-order valence-electron chi connectivity index (χ3n) is 6.83. The molecule has 6 nitrogen and oxygen atoms in total. The Morgan fingerprint density at radius 1 is 1.32 bits per heavy atom. The molecule has 3 aliphatic rings. The van der Waals surface area contributed by atoms with E-state index < -0.39 is 5.97 Å². The zero-order chi connectivity index (χ0) is 19.3. The Balaban J connectivity index is 1.16. The summed E-state index contributed by atoms with van der Waals surface area (Å²) in [5, 5.41) is 13.9. The number of fused-ring (bicyclic) bond motifs is 3. The fourth-order valence-electron chi connectivity index (χ4n) is 5.13. The minimum atomic E-state index is -0.870. The molecule has 28 heavy (non-hydrogen) atoms. The molecule has 0 aromatic carbocycles. The Bertz CT molecular complexity index is 898. The maximum atomic E-state index is 11.6. The van der Waals surface area contributed by atoms with Crippen LogP contribution in [0.4, 0.5) is 0 Å². The average Bonchev–Trinajstić information content (AvgIpc) is 3.20. The normalized spacial score (nSPS) is 27.9. The summed E-state index contributed by atoms with van der Waals surface area (Å²) in [4.78, 5) is 15.9. The van der Waals surface area contributed by atoms with Crippen LogP contribution >= 0.6 is 0 Å². The Morgan fingerprint density at radius 2 is 2.14 bits per heavy atom. The van der Waals surface area contributed by atoms with Crippen LogP contribution in [-0.4, -0.2) is 31.9 Å². The highest BCUT2D eigenvalue weighted by Crippen LogP contribution is 2.57. The van der Waals surface area contributed by atoms with Crippen LogP contribution in [0.5, 0.6) is 5.88 Å². The van der Waals surface area contributed by atoms with Crippen LogP contribution in [0.25, 0.3) is 0 Å². The topological polar surface area (TPSA) is 77.2 Å². The monoisotopic (exact) mass is 381 g/mol. The van der Waals surface area contributed by atoms with Gasteiger partial charge in [0.15, 0.2) is 5.69 Å². The second-order valence-corrected chi connectivity index (χ2v) is 8.72. The number of hydrogen-bond acceptors (Lipinski definition) is 4. The summed E-state index contributed by atoms with van der Waals surface area (Å²) in [6, 6.07) is 3.97. The number of carboxylic acids is 1. The van der Waals surface area contributed by atoms with E-state index in [2.05, 4.69) is 10.1 Å². The van der Waals surface area contributed by atoms with Gasteiger partial charge in [-0.05, 0) is 75.7 Å². The summed E-state index contributed by atoms with van der Waals surface area (Å²) in [6.45, 7) is 2.87. The van der Waals surface area contributed by atoms with Crippen molar-refractivity contribution in [2.75, 3.05) is 0 Å². The van der Waals surface area contributed by atoms with Gasteiger partial charge in [0.2, 0.25) is 5.88 Å². The van der Waals surface area contributed by atoms with Crippen molar-refractivity contribution in [3.8, 4) is 5.88 Å². The maximum Gasteiger partial charge on any atom is 0.356 e. The lowest BCUT2D eigenvalue weighted by Gasteiger charge is -2.29. The van der Waals surface area contributed by atoms with Crippen LogP contribution in [0, 0.1) is 18.8 Å². The molecule has 2 atom stereocenters. The summed E-state index contributed by atoms with van der Waals surface area (Å²) in [6.07, 6.45) is 9.69. The van der Waals surface area contributed by atoms with Gasteiger partial charge >= 0.3 is 5.97 Å². The molecule has 148 valence electrons. The lowest BCUT2D eigenvalue weighted by Crippen LogP contribution is -2.25. The second-order valence-electron chi connectivity index (χ2n) is 8.72. The molecular weight excluding hydrogens is 354 g/mol. The summed E-state index contributed by atoms with van der Waals surface area (Å²) < 4.78 is 8.11. The van der Waals surface area contributed by atoms with Crippen LogP contribution in [0.1, 0.15) is 71.8 Å². The third kappa shape index (κ3) is 3.19. The molecular formula is C22H27N3O3. The van der Waals surface area contributed by atoms with Crippen molar-refractivity contribution in [2.45, 2.75) is 70.4 Å². The predicted octanol–water partition coefficient (Wildman–Crippen LogP) is 3.97. The van der Waals surface area contributed by atoms with Crippen LogP contribution in [0.3, 0.4) is 0 Å². The van der Waals surface area contributed by atoms with Crippen LogP contribution < -0.4 is 4.74 Å². The van der Waals surface area contributed by atoms with E-state index in [4.69, 9.17) is 4.74 Å². The number of ether oxygens (including phenoxy) is 1. The number of aromatic nitrogens is 3. The van der Waals surface area contributed by atoms with Gasteiger partial charge in [0.25, 0.3) is 0 Å². The fourth-order valence-corrected chi connectivity index (χ4v) is 5.13. The Labute approximate surface area is 164 Å². The smallest absolute Gasteiger partial charge is 0.356 e. The summed E-state index contributed by atoms with van der Waals surface area (Å²) >= 11 is 0. The van der Waals surface area contributed by atoms with Crippen molar-refractivity contribution < 1.29 is 14.6 Å². The molecule has 0 radical (unpaired) electrons. The van der Waals surface area contributed by atoms with E-state index >= 15 is 0 Å². The number of aromatic carboxylic acids is 1. The number of hydrogen-bond donors (Lipinski definition) is 1. The predicted molar refractivity (Wildman–Crippen MR) is 104 cm³/mol. The van der Waals surface area contributed by atoms with E-state index in [0.717, 1.165) is 68.5 Å². The molecule has 0 aliphatic heterocycles. The lowest BCUT2D eigenvalue weighted by molar-refractivity contribution is 0.0688. The molecule has 3 aliphatic carbocycles. The average molecular weight is 381 g/mol. The van der Waals surface area contributed by atoms with Gasteiger partial charge in [0, 0.05) is 29.6 Å². The first-order chi connectivity index (χ1) is 13.6. The Hall–Kier alpha value is -2.37. The Morgan fingerprint density at radius 3 is 2.89 bits per heavy atom. The first-order valence-electron chi connectivity index (χ1n) is 10.5. The quantitative estimate of drug-likeness (QED) is 0.819. The van der Waals surface area contributed by atoms with Gasteiger partial charge in [-0.25, -0.2) is 9.78 Å². The van der Waals surface area contributed by atoms with Gasteiger partial charge in [-0.3, -0.25) is 4.68 Å². The van der Waals surface area contributed by atoms with Gasteiger partial charge in [0.1, 0.15) is 6.10 Å². The van der Waals surface area contributed by atoms with E-state index in [-0.39, 0.29) is 6.10 Å². The first kappa shape index (κ1) is 17.7. The summed E-state index contributed by atoms with van der Waals surface area (Å²) in [5.41, 5.74) is 3.63. The molecule has 2 fully saturated rings. The lowest BCUT2D eigenvalue weighted by atomic mass is 9.85. The minimum absolute atomic E-state index is 0.254. The molecule has 0 spiro atoms. The molecule has 2 heterocycles. The summed E-state index contributed by atoms with van der Waals surface area (Å²) in [5.74, 6) is 1.70. The molecule has 1 N–H and O–H groups in total. The highest BCUT2D eigenvalue weighted by Gasteiger charge is 2.50. The highest BCUT2D eigenvalue weighted by atomic mass is 16.5. The molecule has 0 amide bonds. The van der Waals surface area contributed by atoms with Crippen LogP contribution in [0.15, 0.2) is 18.3 Å². The summed E-state index contributed by atoms with van der Waals surface area (Å²) in [7, 11) is 0. The molecule has 6 heteroatoms.